The summed E-state index contributed by atoms with van der Waals surface area (Å²) in [5.74, 6) is 0.328. The molecule has 0 aliphatic carbocycles. The number of allylic oxidation sites excluding steroid dienone is 1. The van der Waals surface area contributed by atoms with Gasteiger partial charge in [0.15, 0.2) is 0 Å². The third-order valence-electron chi connectivity index (χ3n) is 3.64. The van der Waals surface area contributed by atoms with Crippen LogP contribution in [-0.4, -0.2) is 23.2 Å². The van der Waals surface area contributed by atoms with Gasteiger partial charge in [0.25, 0.3) is 0 Å². The van der Waals surface area contributed by atoms with Gasteiger partial charge in [0.05, 0.1) is 12.8 Å². The lowest BCUT2D eigenvalue weighted by Gasteiger charge is -2.12. The quantitative estimate of drug-likeness (QED) is 0.693. The van der Waals surface area contributed by atoms with Gasteiger partial charge in [0, 0.05) is 28.1 Å². The molecule has 1 heterocycles. The highest BCUT2D eigenvalue weighted by Gasteiger charge is 2.14. The molecule has 5 heteroatoms. The van der Waals surface area contributed by atoms with Gasteiger partial charge in [-0.15, -0.1) is 0 Å². The van der Waals surface area contributed by atoms with E-state index in [0.29, 0.717) is 33.4 Å². The number of nitrogens with zero attached hydrogens (tertiary/aromatic N) is 1. The minimum atomic E-state index is -0.385. The van der Waals surface area contributed by atoms with Crippen LogP contribution in [0.2, 0.25) is 0 Å². The average Bonchev–Trinajstić information content (AvgIpc) is 2.54. The van der Waals surface area contributed by atoms with Crippen LogP contribution in [0.3, 0.4) is 0 Å². The first-order valence-corrected chi connectivity index (χ1v) is 6.93. The predicted molar refractivity (Wildman–Crippen MR) is 83.9 cm³/mol. The first kappa shape index (κ1) is 15.8. The molecule has 0 atom stereocenters. The fraction of sp³-hybridized carbons (Fsp3) is 0.294. The number of phenols is 1. The van der Waals surface area contributed by atoms with Crippen molar-refractivity contribution >= 4 is 16.7 Å². The molecule has 0 fully saturated rings. The zero-order valence-electron chi connectivity index (χ0n) is 13.1. The molecule has 1 N–H and O–H groups in total. The number of aromatic hydroxyl groups is 1. The average molecular weight is 301 g/mol. The Hall–Kier alpha value is -2.56. The molecule has 0 amide bonds. The van der Waals surface area contributed by atoms with Gasteiger partial charge in [-0.2, -0.15) is 0 Å². The summed E-state index contributed by atoms with van der Waals surface area (Å²) in [6, 6.07) is 3.52. The van der Waals surface area contributed by atoms with Gasteiger partial charge in [-0.1, -0.05) is 6.08 Å². The van der Waals surface area contributed by atoms with E-state index in [1.165, 1.54) is 0 Å². The van der Waals surface area contributed by atoms with Crippen molar-refractivity contribution in [2.45, 2.75) is 27.4 Å². The van der Waals surface area contributed by atoms with Crippen LogP contribution in [0.25, 0.3) is 10.8 Å². The Kier molecular flexibility index (Phi) is 4.65. The SMILES string of the molecule is C/C=C(/C)C(=O)OCc1nccc2c(O)c(C)c(OC)cc12. The van der Waals surface area contributed by atoms with Crippen LogP contribution < -0.4 is 4.74 Å². The Bertz CT molecular complexity index is 750. The van der Waals surface area contributed by atoms with Crippen LogP contribution in [0, 0.1) is 6.92 Å². The molecule has 2 rings (SSSR count). The molecule has 22 heavy (non-hydrogen) atoms. The number of hydrogen-bond acceptors (Lipinski definition) is 5. The maximum Gasteiger partial charge on any atom is 0.333 e. The molecule has 0 aliphatic rings. The first-order valence-electron chi connectivity index (χ1n) is 6.93. The lowest BCUT2D eigenvalue weighted by molar-refractivity contribution is -0.140. The second kappa shape index (κ2) is 6.47. The molecule has 0 spiro atoms. The van der Waals surface area contributed by atoms with E-state index in [0.717, 1.165) is 0 Å². The van der Waals surface area contributed by atoms with Crippen LogP contribution in [0.15, 0.2) is 30.0 Å². The number of carbonyl (C=O) groups is 1. The summed E-state index contributed by atoms with van der Waals surface area (Å²) in [4.78, 5) is 16.0. The molecule has 0 radical (unpaired) electrons. The van der Waals surface area contributed by atoms with Crippen molar-refractivity contribution in [3.05, 3.63) is 41.2 Å². The van der Waals surface area contributed by atoms with Crippen molar-refractivity contribution in [2.24, 2.45) is 0 Å². The van der Waals surface area contributed by atoms with Crippen molar-refractivity contribution < 1.29 is 19.4 Å². The lowest BCUT2D eigenvalue weighted by atomic mass is 10.0. The van der Waals surface area contributed by atoms with Gasteiger partial charge >= 0.3 is 5.97 Å². The molecule has 2 aromatic rings. The number of carbonyl (C=O) groups excluding carboxylic acids is 1. The zero-order valence-corrected chi connectivity index (χ0v) is 13.1. The van der Waals surface area contributed by atoms with Crippen molar-refractivity contribution in [1.29, 1.82) is 0 Å². The number of rotatable bonds is 4. The molecule has 0 bridgehead atoms. The van der Waals surface area contributed by atoms with E-state index in [9.17, 15) is 9.90 Å². The van der Waals surface area contributed by atoms with Gasteiger partial charge in [-0.3, -0.25) is 4.98 Å². The molecule has 116 valence electrons. The second-order valence-electron chi connectivity index (χ2n) is 4.95. The van der Waals surface area contributed by atoms with Crippen molar-refractivity contribution in [1.82, 2.24) is 4.98 Å². The third-order valence-corrected chi connectivity index (χ3v) is 3.64. The molecule has 5 nitrogen and oxygen atoms in total. The topological polar surface area (TPSA) is 68.7 Å². The summed E-state index contributed by atoms with van der Waals surface area (Å²) >= 11 is 0. The Morgan fingerprint density at radius 3 is 2.77 bits per heavy atom. The van der Waals surface area contributed by atoms with Gasteiger partial charge in [0.1, 0.15) is 18.1 Å². The smallest absolute Gasteiger partial charge is 0.333 e. The van der Waals surface area contributed by atoms with E-state index in [4.69, 9.17) is 9.47 Å². The van der Waals surface area contributed by atoms with E-state index in [-0.39, 0.29) is 18.3 Å². The lowest BCUT2D eigenvalue weighted by Crippen LogP contribution is -2.07. The maximum absolute atomic E-state index is 11.7. The molecule has 0 saturated heterocycles. The van der Waals surface area contributed by atoms with Crippen LogP contribution in [0.5, 0.6) is 11.5 Å². The highest BCUT2D eigenvalue weighted by molar-refractivity contribution is 5.93. The summed E-state index contributed by atoms with van der Waals surface area (Å²) in [6.45, 7) is 5.28. The summed E-state index contributed by atoms with van der Waals surface area (Å²) in [6.07, 6.45) is 3.27. The summed E-state index contributed by atoms with van der Waals surface area (Å²) in [5.41, 5.74) is 1.77. The number of esters is 1. The van der Waals surface area contributed by atoms with Crippen LogP contribution in [0.4, 0.5) is 0 Å². The monoisotopic (exact) mass is 301 g/mol. The summed E-state index contributed by atoms with van der Waals surface area (Å²) < 4.78 is 10.5. The number of benzene rings is 1. The number of phenolic OH excluding ortho intramolecular Hbond substituents is 1. The molecule has 0 saturated carbocycles. The minimum absolute atomic E-state index is 0.0347. The van der Waals surface area contributed by atoms with E-state index < -0.39 is 0 Å². The van der Waals surface area contributed by atoms with Crippen molar-refractivity contribution in [3.63, 3.8) is 0 Å². The largest absolute Gasteiger partial charge is 0.507 e. The molecule has 0 aliphatic heterocycles. The number of ether oxygens (including phenoxy) is 2. The van der Waals surface area contributed by atoms with E-state index in [1.807, 2.05) is 0 Å². The van der Waals surface area contributed by atoms with Gasteiger partial charge in [-0.05, 0) is 32.9 Å². The van der Waals surface area contributed by atoms with Crippen molar-refractivity contribution in [3.8, 4) is 11.5 Å². The standard InChI is InChI=1S/C17H19NO4/c1-5-10(2)17(20)22-9-14-13-8-15(21-4)11(3)16(19)12(13)6-7-18-14/h5-8,19H,9H2,1-4H3/b10-5-. The molecule has 1 aromatic carbocycles. The number of hydrogen-bond donors (Lipinski definition) is 1. The van der Waals surface area contributed by atoms with Crippen molar-refractivity contribution in [2.75, 3.05) is 7.11 Å². The van der Waals surface area contributed by atoms with E-state index in [1.54, 1.807) is 52.3 Å². The number of aromatic nitrogens is 1. The van der Waals surface area contributed by atoms with Crippen LogP contribution in [0.1, 0.15) is 25.1 Å². The Morgan fingerprint density at radius 1 is 1.41 bits per heavy atom. The number of methoxy groups -OCH3 is 1. The first-order chi connectivity index (χ1) is 10.5. The van der Waals surface area contributed by atoms with Crippen LogP contribution >= 0.6 is 0 Å². The highest BCUT2D eigenvalue weighted by Crippen LogP contribution is 2.36. The molecule has 1 aromatic heterocycles. The van der Waals surface area contributed by atoms with Crippen LogP contribution in [-0.2, 0) is 16.1 Å². The van der Waals surface area contributed by atoms with E-state index in [2.05, 4.69) is 4.98 Å². The van der Waals surface area contributed by atoms with Gasteiger partial charge in [-0.25, -0.2) is 4.79 Å². The highest BCUT2D eigenvalue weighted by atomic mass is 16.5. The van der Waals surface area contributed by atoms with Gasteiger partial charge in [0.2, 0.25) is 0 Å². The van der Waals surface area contributed by atoms with E-state index >= 15 is 0 Å². The Balaban J connectivity index is 2.43. The minimum Gasteiger partial charge on any atom is -0.507 e. The zero-order chi connectivity index (χ0) is 16.3. The fourth-order valence-corrected chi connectivity index (χ4v) is 2.13. The maximum atomic E-state index is 11.7. The summed E-state index contributed by atoms with van der Waals surface area (Å²) in [7, 11) is 1.54. The number of fused-ring (bicyclic) bond motifs is 1. The fourth-order valence-electron chi connectivity index (χ4n) is 2.13. The molecular formula is C17H19NO4. The molecular weight excluding hydrogens is 282 g/mol. The number of pyridine rings is 1. The molecule has 0 unspecified atom stereocenters. The Morgan fingerprint density at radius 2 is 2.14 bits per heavy atom. The summed E-state index contributed by atoms with van der Waals surface area (Å²) in [5, 5.41) is 11.6. The normalized spacial score (nSPS) is 11.5. The predicted octanol–water partition coefficient (Wildman–Crippen LogP) is 3.27. The van der Waals surface area contributed by atoms with Gasteiger partial charge < -0.3 is 14.6 Å². The second-order valence-corrected chi connectivity index (χ2v) is 4.95. The third kappa shape index (κ3) is 2.88. The Labute approximate surface area is 129 Å².